The number of hydrogen-bond acceptors (Lipinski definition) is 4. The van der Waals surface area contributed by atoms with Crippen LogP contribution in [-0.4, -0.2) is 38.0 Å². The molecule has 2 aromatic carbocycles. The Morgan fingerprint density at radius 2 is 1.05 bits per heavy atom. The molecule has 0 saturated heterocycles. The zero-order valence-electron chi connectivity index (χ0n) is 12.8. The molecule has 0 fully saturated rings. The van der Waals surface area contributed by atoms with Crippen molar-refractivity contribution in [3.05, 3.63) is 36.4 Å². The topological polar surface area (TPSA) is 36.9 Å². The lowest BCUT2D eigenvalue weighted by Gasteiger charge is -2.13. The third kappa shape index (κ3) is 3.49. The third-order valence-electron chi connectivity index (χ3n) is 3.36. The average Bonchev–Trinajstić information content (AvgIpc) is 2.54. The molecule has 0 aliphatic heterocycles. The van der Waals surface area contributed by atoms with Crippen LogP contribution in [0.1, 0.15) is 0 Å². The molecule has 2 rings (SSSR count). The van der Waals surface area contributed by atoms with E-state index in [0.29, 0.717) is 0 Å². The van der Waals surface area contributed by atoms with Gasteiger partial charge in [0.05, 0.1) is 38.0 Å². The van der Waals surface area contributed by atoms with Gasteiger partial charge in [-0.15, -0.1) is 0 Å². The largest absolute Gasteiger partial charge is 0.497 e. The molecule has 0 radical (unpaired) electrons. The van der Waals surface area contributed by atoms with Crippen LogP contribution in [0.25, 0.3) is 0 Å². The number of methoxy groups -OCH3 is 4. The van der Waals surface area contributed by atoms with Crippen molar-refractivity contribution in [3.63, 3.8) is 0 Å². The highest BCUT2D eigenvalue weighted by molar-refractivity contribution is 6.69. The monoisotopic (exact) mass is 304 g/mol. The Bertz CT molecular complexity index is 560. The quantitative estimate of drug-likeness (QED) is 0.741. The number of rotatable bonds is 6. The van der Waals surface area contributed by atoms with E-state index in [9.17, 15) is 0 Å². The summed E-state index contributed by atoms with van der Waals surface area (Å²) in [6, 6.07) is 11.7. The summed E-state index contributed by atoms with van der Waals surface area (Å²) in [7, 11) is 5.91. The van der Waals surface area contributed by atoms with Crippen molar-refractivity contribution in [2.24, 2.45) is 0 Å². The van der Waals surface area contributed by atoms with E-state index in [-0.39, 0.29) is 0 Å². The summed E-state index contributed by atoms with van der Waals surface area (Å²) in [5.74, 6) is 3.43. The Labute approximate surface area is 127 Å². The van der Waals surface area contributed by atoms with Crippen LogP contribution >= 0.6 is 0 Å². The summed E-state index contributed by atoms with van der Waals surface area (Å²) in [6.45, 7) is 0. The van der Waals surface area contributed by atoms with Crippen LogP contribution in [-0.2, 0) is 0 Å². The average molecular weight is 304 g/mol. The molecule has 0 aromatic heterocycles. The highest BCUT2D eigenvalue weighted by atomic mass is 28.2. The van der Waals surface area contributed by atoms with E-state index in [4.69, 9.17) is 18.9 Å². The molecule has 0 N–H and O–H groups in total. The fourth-order valence-electron chi connectivity index (χ4n) is 2.25. The van der Waals surface area contributed by atoms with Crippen molar-refractivity contribution >= 4 is 19.9 Å². The molecule has 0 unspecified atom stereocenters. The van der Waals surface area contributed by atoms with E-state index in [1.165, 1.54) is 10.4 Å². The van der Waals surface area contributed by atoms with Crippen LogP contribution in [0.5, 0.6) is 23.0 Å². The van der Waals surface area contributed by atoms with Gasteiger partial charge >= 0.3 is 0 Å². The lowest BCUT2D eigenvalue weighted by atomic mass is 10.3. The second kappa shape index (κ2) is 7.03. The maximum Gasteiger partial charge on any atom is 0.119 e. The molecule has 5 heteroatoms. The second-order valence-electron chi connectivity index (χ2n) is 4.53. The Hall–Kier alpha value is -2.14. The smallest absolute Gasteiger partial charge is 0.119 e. The van der Waals surface area contributed by atoms with Gasteiger partial charge < -0.3 is 18.9 Å². The molecule has 0 heterocycles. The van der Waals surface area contributed by atoms with Crippen molar-refractivity contribution in [2.45, 2.75) is 0 Å². The van der Waals surface area contributed by atoms with E-state index in [2.05, 4.69) is 0 Å². The zero-order valence-corrected chi connectivity index (χ0v) is 14.2. The SMILES string of the molecule is COc1ccc(OC)c([SiH2]c2cc(OC)ccc2OC)c1. The first-order valence-electron chi connectivity index (χ1n) is 6.63. The lowest BCUT2D eigenvalue weighted by molar-refractivity contribution is 0.405. The summed E-state index contributed by atoms with van der Waals surface area (Å²) in [5.41, 5.74) is 0. The van der Waals surface area contributed by atoms with Gasteiger partial charge in [0, 0.05) is 0 Å². The van der Waals surface area contributed by atoms with Gasteiger partial charge in [0.25, 0.3) is 0 Å². The van der Waals surface area contributed by atoms with Gasteiger partial charge in [-0.25, -0.2) is 0 Å². The maximum atomic E-state index is 5.45. The first kappa shape index (κ1) is 15.2. The predicted molar refractivity (Wildman–Crippen MR) is 86.9 cm³/mol. The van der Waals surface area contributed by atoms with E-state index in [1.807, 2.05) is 36.4 Å². The van der Waals surface area contributed by atoms with Crippen LogP contribution in [0.3, 0.4) is 0 Å². The van der Waals surface area contributed by atoms with Gasteiger partial charge in [-0.2, -0.15) is 0 Å². The van der Waals surface area contributed by atoms with Crippen LogP contribution in [0.4, 0.5) is 0 Å². The molecule has 0 amide bonds. The fourth-order valence-corrected chi connectivity index (χ4v) is 4.14. The fraction of sp³-hybridized carbons (Fsp3) is 0.250. The van der Waals surface area contributed by atoms with Crippen molar-refractivity contribution in [3.8, 4) is 23.0 Å². The molecule has 112 valence electrons. The Morgan fingerprint density at radius 1 is 0.619 bits per heavy atom. The van der Waals surface area contributed by atoms with Crippen molar-refractivity contribution in [1.29, 1.82) is 0 Å². The van der Waals surface area contributed by atoms with Gasteiger partial charge in [-0.3, -0.25) is 0 Å². The van der Waals surface area contributed by atoms with Crippen LogP contribution in [0, 0.1) is 0 Å². The molecule has 0 aliphatic carbocycles. The first-order chi connectivity index (χ1) is 10.2. The molecule has 0 atom stereocenters. The Balaban J connectivity index is 2.40. The molecule has 0 saturated carbocycles. The maximum absolute atomic E-state index is 5.45. The Kier molecular flexibility index (Phi) is 5.11. The van der Waals surface area contributed by atoms with Crippen molar-refractivity contribution in [1.82, 2.24) is 0 Å². The second-order valence-corrected chi connectivity index (χ2v) is 6.41. The minimum atomic E-state index is -0.785. The van der Waals surface area contributed by atoms with Crippen molar-refractivity contribution < 1.29 is 18.9 Å². The predicted octanol–water partition coefficient (Wildman–Crippen LogP) is 0.841. The van der Waals surface area contributed by atoms with Gasteiger partial charge in [-0.05, 0) is 46.8 Å². The molecule has 4 nitrogen and oxygen atoms in total. The molecular formula is C16H20O4Si. The van der Waals surface area contributed by atoms with E-state index < -0.39 is 9.52 Å². The normalized spacial score (nSPS) is 10.1. The number of benzene rings is 2. The minimum Gasteiger partial charge on any atom is -0.497 e. The summed E-state index contributed by atoms with van der Waals surface area (Å²) < 4.78 is 21.5. The van der Waals surface area contributed by atoms with Gasteiger partial charge in [-0.1, -0.05) is 0 Å². The Morgan fingerprint density at radius 3 is 1.38 bits per heavy atom. The summed E-state index contributed by atoms with van der Waals surface area (Å²) in [5, 5.41) is 2.34. The first-order valence-corrected chi connectivity index (χ1v) is 8.05. The molecule has 2 aromatic rings. The van der Waals surface area contributed by atoms with E-state index in [1.54, 1.807) is 28.4 Å². The number of hydrogen-bond donors (Lipinski definition) is 0. The zero-order chi connectivity index (χ0) is 15.2. The molecular weight excluding hydrogens is 284 g/mol. The summed E-state index contributed by atoms with van der Waals surface area (Å²) in [4.78, 5) is 0. The van der Waals surface area contributed by atoms with Crippen LogP contribution in [0.2, 0.25) is 0 Å². The molecule has 0 bridgehead atoms. The standard InChI is InChI=1S/C16H20O4Si/c1-17-11-5-7-13(19-3)15(9-11)21-16-10-12(18-2)6-8-14(16)20-4/h5-10H,21H2,1-4H3. The summed E-state index contributed by atoms with van der Waals surface area (Å²) in [6.07, 6.45) is 0. The van der Waals surface area contributed by atoms with Crippen LogP contribution in [0.15, 0.2) is 36.4 Å². The minimum absolute atomic E-state index is 0.785. The molecule has 21 heavy (non-hydrogen) atoms. The highest BCUT2D eigenvalue weighted by Crippen LogP contribution is 2.17. The van der Waals surface area contributed by atoms with Gasteiger partial charge in [0.2, 0.25) is 0 Å². The van der Waals surface area contributed by atoms with E-state index >= 15 is 0 Å². The van der Waals surface area contributed by atoms with E-state index in [0.717, 1.165) is 23.0 Å². The molecule has 0 spiro atoms. The molecule has 0 aliphatic rings. The van der Waals surface area contributed by atoms with Gasteiger partial charge in [0.15, 0.2) is 0 Å². The van der Waals surface area contributed by atoms with Crippen LogP contribution < -0.4 is 29.3 Å². The number of ether oxygens (including phenoxy) is 4. The van der Waals surface area contributed by atoms with Crippen molar-refractivity contribution in [2.75, 3.05) is 28.4 Å². The third-order valence-corrected chi connectivity index (χ3v) is 5.22. The lowest BCUT2D eigenvalue weighted by Crippen LogP contribution is -2.29. The van der Waals surface area contributed by atoms with Gasteiger partial charge in [0.1, 0.15) is 23.0 Å². The summed E-state index contributed by atoms with van der Waals surface area (Å²) >= 11 is 0. The highest BCUT2D eigenvalue weighted by Gasteiger charge is 2.11.